The Labute approximate surface area is 178 Å². The van der Waals surface area contributed by atoms with Crippen LogP contribution in [-0.2, 0) is 6.61 Å². The van der Waals surface area contributed by atoms with Crippen LogP contribution in [0.3, 0.4) is 0 Å². The van der Waals surface area contributed by atoms with Gasteiger partial charge in [-0.25, -0.2) is 5.43 Å². The van der Waals surface area contributed by atoms with Gasteiger partial charge in [-0.2, -0.15) is 5.10 Å². The number of amides is 1. The van der Waals surface area contributed by atoms with Crippen LogP contribution in [0, 0.1) is 0 Å². The van der Waals surface area contributed by atoms with Crippen molar-refractivity contribution >= 4 is 35.3 Å². The van der Waals surface area contributed by atoms with Gasteiger partial charge in [0, 0.05) is 21.2 Å². The van der Waals surface area contributed by atoms with E-state index >= 15 is 0 Å². The fourth-order valence-corrected chi connectivity index (χ4v) is 2.90. The normalized spacial score (nSPS) is 10.7. The third-order valence-corrected chi connectivity index (χ3v) is 4.45. The van der Waals surface area contributed by atoms with Crippen molar-refractivity contribution in [3.63, 3.8) is 0 Å². The zero-order valence-corrected chi connectivity index (χ0v) is 17.1. The van der Waals surface area contributed by atoms with Crippen molar-refractivity contribution in [1.82, 2.24) is 5.43 Å². The van der Waals surface area contributed by atoms with Gasteiger partial charge in [-0.1, -0.05) is 35.3 Å². The average Bonchev–Trinajstić information content (AvgIpc) is 2.73. The largest absolute Gasteiger partial charge is 0.497 e. The summed E-state index contributed by atoms with van der Waals surface area (Å²) in [4.78, 5) is 12.2. The second-order valence-corrected chi connectivity index (χ2v) is 6.90. The maximum absolute atomic E-state index is 12.2. The van der Waals surface area contributed by atoms with Gasteiger partial charge in [0.15, 0.2) is 0 Å². The van der Waals surface area contributed by atoms with Crippen LogP contribution in [0.15, 0.2) is 71.8 Å². The quantitative estimate of drug-likeness (QED) is 0.407. The van der Waals surface area contributed by atoms with Gasteiger partial charge in [-0.15, -0.1) is 0 Å². The molecule has 1 N–H and O–H groups in total. The molecule has 7 heteroatoms. The molecule has 5 nitrogen and oxygen atoms in total. The van der Waals surface area contributed by atoms with Gasteiger partial charge in [-0.05, 0) is 60.2 Å². The highest BCUT2D eigenvalue weighted by Crippen LogP contribution is 2.23. The van der Waals surface area contributed by atoms with Crippen molar-refractivity contribution in [3.05, 3.63) is 93.5 Å². The summed E-state index contributed by atoms with van der Waals surface area (Å²) in [6, 6.07) is 19.3. The number of methoxy groups -OCH3 is 1. The molecule has 3 aromatic rings. The second-order valence-electron chi connectivity index (χ2n) is 6.03. The van der Waals surface area contributed by atoms with Crippen LogP contribution < -0.4 is 14.9 Å². The third-order valence-electron chi connectivity index (χ3n) is 3.98. The van der Waals surface area contributed by atoms with Crippen LogP contribution in [0.1, 0.15) is 21.5 Å². The van der Waals surface area contributed by atoms with Crippen molar-refractivity contribution in [3.8, 4) is 11.5 Å². The summed E-state index contributed by atoms with van der Waals surface area (Å²) in [5.41, 5.74) is 4.52. The number of nitrogens with one attached hydrogen (secondary N) is 1. The SMILES string of the molecule is COc1ccc(C(=O)N/N=C\c2cc(Cl)ccc2OCc2cccc(Cl)c2)cc1. The van der Waals surface area contributed by atoms with Crippen LogP contribution in [0.2, 0.25) is 10.0 Å². The number of benzene rings is 3. The highest BCUT2D eigenvalue weighted by atomic mass is 35.5. The number of hydrogen-bond acceptors (Lipinski definition) is 4. The van der Waals surface area contributed by atoms with E-state index < -0.39 is 0 Å². The first-order valence-corrected chi connectivity index (χ1v) is 9.45. The minimum Gasteiger partial charge on any atom is -0.497 e. The molecule has 3 rings (SSSR count). The minimum atomic E-state index is -0.340. The van der Waals surface area contributed by atoms with Crippen molar-refractivity contribution in [2.75, 3.05) is 7.11 Å². The summed E-state index contributed by atoms with van der Waals surface area (Å²) in [5, 5.41) is 5.19. The number of hydrazone groups is 1. The molecule has 29 heavy (non-hydrogen) atoms. The highest BCUT2D eigenvalue weighted by Gasteiger charge is 2.06. The number of ether oxygens (including phenoxy) is 2. The molecule has 0 aliphatic heterocycles. The van der Waals surface area contributed by atoms with Crippen LogP contribution in [-0.4, -0.2) is 19.2 Å². The summed E-state index contributed by atoms with van der Waals surface area (Å²) in [6.45, 7) is 0.335. The molecule has 0 fully saturated rings. The number of carbonyl (C=O) groups excluding carboxylic acids is 1. The van der Waals surface area contributed by atoms with Gasteiger partial charge in [0.05, 0.1) is 13.3 Å². The number of hydrogen-bond donors (Lipinski definition) is 1. The monoisotopic (exact) mass is 428 g/mol. The second kappa shape index (κ2) is 9.96. The Morgan fingerprint density at radius 2 is 1.79 bits per heavy atom. The minimum absolute atomic E-state index is 0.335. The molecule has 0 aliphatic carbocycles. The summed E-state index contributed by atoms with van der Waals surface area (Å²) in [6.07, 6.45) is 1.49. The molecule has 3 aromatic carbocycles. The molecule has 0 saturated carbocycles. The van der Waals surface area contributed by atoms with E-state index in [9.17, 15) is 4.79 Å². The summed E-state index contributed by atoms with van der Waals surface area (Å²) >= 11 is 12.1. The lowest BCUT2D eigenvalue weighted by Crippen LogP contribution is -2.17. The Bertz CT molecular complexity index is 1020. The maximum Gasteiger partial charge on any atom is 0.271 e. The number of nitrogens with zero attached hydrogens (tertiary/aromatic N) is 1. The Kier molecular flexibility index (Phi) is 7.11. The molecule has 0 aromatic heterocycles. The molecular weight excluding hydrogens is 411 g/mol. The first-order chi connectivity index (χ1) is 14.0. The molecule has 1 amide bonds. The fraction of sp³-hybridized carbons (Fsp3) is 0.0909. The predicted molar refractivity (Wildman–Crippen MR) is 115 cm³/mol. The molecule has 0 heterocycles. The Morgan fingerprint density at radius 1 is 1.03 bits per heavy atom. The number of halogens is 2. The topological polar surface area (TPSA) is 59.9 Å². The fourth-order valence-electron chi connectivity index (χ4n) is 2.51. The standard InChI is InChI=1S/C22H18Cl2N2O3/c1-28-20-8-5-16(6-9-20)22(27)26-25-13-17-12-19(24)7-10-21(17)29-14-15-3-2-4-18(23)11-15/h2-13H,14H2,1H3,(H,26,27)/b25-13-. The summed E-state index contributed by atoms with van der Waals surface area (Å²) in [5.74, 6) is 0.912. The molecular formula is C22H18Cl2N2O3. The lowest BCUT2D eigenvalue weighted by atomic mass is 10.2. The van der Waals surface area contributed by atoms with Crippen molar-refractivity contribution < 1.29 is 14.3 Å². The van der Waals surface area contributed by atoms with Gasteiger partial charge >= 0.3 is 0 Å². The lowest BCUT2D eigenvalue weighted by molar-refractivity contribution is 0.0955. The van der Waals surface area contributed by atoms with Gasteiger partial charge in [0.1, 0.15) is 18.1 Å². The van der Waals surface area contributed by atoms with E-state index in [-0.39, 0.29) is 5.91 Å². The zero-order valence-electron chi connectivity index (χ0n) is 15.6. The van der Waals surface area contributed by atoms with Gasteiger partial charge in [0.25, 0.3) is 5.91 Å². The molecule has 0 aliphatic rings. The van der Waals surface area contributed by atoms with Crippen molar-refractivity contribution in [2.45, 2.75) is 6.61 Å². The van der Waals surface area contributed by atoms with Gasteiger partial charge in [0.2, 0.25) is 0 Å². The van der Waals surface area contributed by atoms with E-state index in [4.69, 9.17) is 32.7 Å². The van der Waals surface area contributed by atoms with Crippen LogP contribution >= 0.6 is 23.2 Å². The summed E-state index contributed by atoms with van der Waals surface area (Å²) < 4.78 is 10.9. The lowest BCUT2D eigenvalue weighted by Gasteiger charge is -2.10. The van der Waals surface area contributed by atoms with Crippen molar-refractivity contribution in [1.29, 1.82) is 0 Å². The number of rotatable bonds is 7. The molecule has 148 valence electrons. The number of carbonyl (C=O) groups is 1. The van der Waals surface area contributed by atoms with E-state index in [1.165, 1.54) is 6.21 Å². The Balaban J connectivity index is 1.67. The van der Waals surface area contributed by atoms with Crippen LogP contribution in [0.5, 0.6) is 11.5 Å². The first kappa shape index (κ1) is 20.7. The molecule has 0 spiro atoms. The van der Waals surface area contributed by atoms with E-state index in [0.717, 1.165) is 5.56 Å². The Hall–Kier alpha value is -3.02. The first-order valence-electron chi connectivity index (χ1n) is 8.69. The summed E-state index contributed by atoms with van der Waals surface area (Å²) in [7, 11) is 1.57. The Morgan fingerprint density at radius 3 is 2.52 bits per heavy atom. The molecule has 0 saturated heterocycles. The van der Waals surface area contributed by atoms with Crippen LogP contribution in [0.25, 0.3) is 0 Å². The molecule has 0 bridgehead atoms. The van der Waals surface area contributed by atoms with Gasteiger partial charge < -0.3 is 9.47 Å². The maximum atomic E-state index is 12.2. The average molecular weight is 429 g/mol. The zero-order chi connectivity index (χ0) is 20.6. The molecule has 0 atom stereocenters. The van der Waals surface area contributed by atoms with E-state index in [2.05, 4.69) is 10.5 Å². The van der Waals surface area contributed by atoms with Crippen LogP contribution in [0.4, 0.5) is 0 Å². The van der Waals surface area contributed by atoms with E-state index in [1.54, 1.807) is 55.6 Å². The van der Waals surface area contributed by atoms with E-state index in [0.29, 0.717) is 39.3 Å². The smallest absolute Gasteiger partial charge is 0.271 e. The van der Waals surface area contributed by atoms with E-state index in [1.807, 2.05) is 18.2 Å². The third kappa shape index (κ3) is 5.98. The van der Waals surface area contributed by atoms with Gasteiger partial charge in [-0.3, -0.25) is 4.79 Å². The molecule has 0 radical (unpaired) electrons. The predicted octanol–water partition coefficient (Wildman–Crippen LogP) is 5.34. The van der Waals surface area contributed by atoms with Crippen molar-refractivity contribution in [2.24, 2.45) is 5.10 Å². The highest BCUT2D eigenvalue weighted by molar-refractivity contribution is 6.31. The molecule has 0 unspecified atom stereocenters.